The second kappa shape index (κ2) is 6.19. The van der Waals surface area contributed by atoms with Gasteiger partial charge in [0, 0.05) is 25.3 Å². The molecule has 5 nitrogen and oxygen atoms in total. The highest BCUT2D eigenvalue weighted by Crippen LogP contribution is 2.28. The molecule has 100 valence electrons. The van der Waals surface area contributed by atoms with Gasteiger partial charge < -0.3 is 10.2 Å². The molecule has 1 aliphatic carbocycles. The van der Waals surface area contributed by atoms with Crippen molar-refractivity contribution < 1.29 is 4.79 Å². The van der Waals surface area contributed by atoms with Gasteiger partial charge in [-0.2, -0.15) is 5.26 Å². The van der Waals surface area contributed by atoms with Crippen LogP contribution in [-0.4, -0.2) is 34.9 Å². The van der Waals surface area contributed by atoms with Crippen LogP contribution < -0.4 is 5.32 Å². The number of rotatable bonds is 6. The quantitative estimate of drug-likeness (QED) is 0.847. The smallest absolute Gasteiger partial charge is 0.255 e. The number of nitrogens with zero attached hydrogens (tertiary/aromatic N) is 3. The number of amides is 1. The molecule has 1 heterocycles. The van der Waals surface area contributed by atoms with Gasteiger partial charge in [-0.15, -0.1) is 0 Å². The fourth-order valence-electron chi connectivity index (χ4n) is 1.98. The molecule has 1 fully saturated rings. The lowest BCUT2D eigenvalue weighted by Gasteiger charge is -2.21. The highest BCUT2D eigenvalue weighted by molar-refractivity contribution is 5.94. The van der Waals surface area contributed by atoms with Gasteiger partial charge >= 0.3 is 0 Å². The predicted molar refractivity (Wildman–Crippen MR) is 72.7 cm³/mol. The molecule has 0 spiro atoms. The Morgan fingerprint density at radius 2 is 2.37 bits per heavy atom. The average molecular weight is 258 g/mol. The molecule has 1 aromatic rings. The molecule has 2 rings (SSSR count). The van der Waals surface area contributed by atoms with E-state index in [1.165, 1.54) is 0 Å². The van der Waals surface area contributed by atoms with Crippen LogP contribution in [0.1, 0.15) is 36.5 Å². The van der Waals surface area contributed by atoms with Crippen molar-refractivity contribution in [2.45, 2.75) is 32.2 Å². The van der Waals surface area contributed by atoms with Gasteiger partial charge in [0.2, 0.25) is 0 Å². The summed E-state index contributed by atoms with van der Waals surface area (Å²) in [6, 6.07) is 6.01. The first-order valence-corrected chi connectivity index (χ1v) is 6.64. The monoisotopic (exact) mass is 258 g/mol. The minimum absolute atomic E-state index is 0.0201. The van der Waals surface area contributed by atoms with E-state index < -0.39 is 0 Å². The highest BCUT2D eigenvalue weighted by Gasteiger charge is 2.32. The number of pyridine rings is 1. The number of aromatic nitrogens is 1. The van der Waals surface area contributed by atoms with Gasteiger partial charge in [-0.05, 0) is 31.9 Å². The summed E-state index contributed by atoms with van der Waals surface area (Å²) in [5.74, 6) is 0.752. The summed E-state index contributed by atoms with van der Waals surface area (Å²) in [6.07, 6.45) is 4.06. The Morgan fingerprint density at radius 1 is 1.58 bits per heavy atom. The number of nitrogens with one attached hydrogen (secondary N) is 1. The van der Waals surface area contributed by atoms with Gasteiger partial charge in [0.25, 0.3) is 5.91 Å². The van der Waals surface area contributed by atoms with Gasteiger partial charge in [-0.1, -0.05) is 0 Å². The zero-order chi connectivity index (χ0) is 13.7. The lowest BCUT2D eigenvalue weighted by atomic mass is 10.2. The largest absolute Gasteiger partial charge is 0.370 e. The third-order valence-electron chi connectivity index (χ3n) is 3.08. The topological polar surface area (TPSA) is 69.0 Å². The predicted octanol–water partition coefficient (Wildman–Crippen LogP) is 2.03. The molecule has 0 bridgehead atoms. The zero-order valence-electron chi connectivity index (χ0n) is 11.1. The molecule has 1 aromatic heterocycles. The van der Waals surface area contributed by atoms with Crippen molar-refractivity contribution >= 4 is 11.7 Å². The molecule has 1 amide bonds. The van der Waals surface area contributed by atoms with E-state index in [1.807, 2.05) is 13.0 Å². The Kier molecular flexibility index (Phi) is 4.35. The molecular formula is C14H18N4O. The number of hydrogen-bond donors (Lipinski definition) is 1. The first-order valence-electron chi connectivity index (χ1n) is 6.64. The summed E-state index contributed by atoms with van der Waals surface area (Å²) in [5.41, 5.74) is 0.589. The van der Waals surface area contributed by atoms with Crippen molar-refractivity contribution in [2.24, 2.45) is 0 Å². The van der Waals surface area contributed by atoms with Crippen molar-refractivity contribution in [1.29, 1.82) is 5.26 Å². The molecule has 0 saturated heterocycles. The van der Waals surface area contributed by atoms with Crippen LogP contribution in [-0.2, 0) is 0 Å². The van der Waals surface area contributed by atoms with Gasteiger partial charge in [-0.25, -0.2) is 4.98 Å². The van der Waals surface area contributed by atoms with Gasteiger partial charge in [0.15, 0.2) is 0 Å². The van der Waals surface area contributed by atoms with Crippen LogP contribution in [0.5, 0.6) is 0 Å². The van der Waals surface area contributed by atoms with Crippen LogP contribution in [0.3, 0.4) is 0 Å². The fourth-order valence-corrected chi connectivity index (χ4v) is 1.98. The fraction of sp³-hybridized carbons (Fsp3) is 0.500. The minimum atomic E-state index is -0.0201. The SMILES string of the molecule is CCNc1ccc(C(=O)N(CCC#N)C2CC2)cn1. The van der Waals surface area contributed by atoms with Crippen molar-refractivity contribution in [3.05, 3.63) is 23.9 Å². The van der Waals surface area contributed by atoms with Crippen LogP contribution >= 0.6 is 0 Å². The van der Waals surface area contributed by atoms with E-state index in [1.54, 1.807) is 17.2 Å². The molecule has 0 aromatic carbocycles. The Balaban J connectivity index is 2.06. The summed E-state index contributed by atoms with van der Waals surface area (Å²) >= 11 is 0. The maximum atomic E-state index is 12.4. The second-order valence-corrected chi connectivity index (χ2v) is 4.60. The van der Waals surface area contributed by atoms with E-state index in [2.05, 4.69) is 16.4 Å². The van der Waals surface area contributed by atoms with E-state index >= 15 is 0 Å². The van der Waals surface area contributed by atoms with Crippen LogP contribution in [0.2, 0.25) is 0 Å². The first kappa shape index (κ1) is 13.3. The van der Waals surface area contributed by atoms with Crippen molar-refractivity contribution in [3.63, 3.8) is 0 Å². The van der Waals surface area contributed by atoms with Crippen LogP contribution in [0, 0.1) is 11.3 Å². The Bertz CT molecular complexity index is 473. The van der Waals surface area contributed by atoms with E-state index in [0.29, 0.717) is 24.6 Å². The third-order valence-corrected chi connectivity index (χ3v) is 3.08. The number of carbonyl (C=O) groups is 1. The molecule has 5 heteroatoms. The molecule has 1 saturated carbocycles. The highest BCUT2D eigenvalue weighted by atomic mass is 16.2. The maximum Gasteiger partial charge on any atom is 0.255 e. The maximum absolute atomic E-state index is 12.4. The molecule has 0 aliphatic heterocycles. The lowest BCUT2D eigenvalue weighted by Crippen LogP contribution is -2.34. The number of carbonyl (C=O) groups excluding carboxylic acids is 1. The van der Waals surface area contributed by atoms with E-state index in [4.69, 9.17) is 5.26 Å². The summed E-state index contributed by atoms with van der Waals surface area (Å²) < 4.78 is 0. The number of anilines is 1. The normalized spacial score (nSPS) is 13.7. The Labute approximate surface area is 113 Å². The van der Waals surface area contributed by atoms with Crippen molar-refractivity contribution in [1.82, 2.24) is 9.88 Å². The van der Waals surface area contributed by atoms with E-state index in [9.17, 15) is 4.79 Å². The molecular weight excluding hydrogens is 240 g/mol. The zero-order valence-corrected chi connectivity index (χ0v) is 11.1. The van der Waals surface area contributed by atoms with Crippen molar-refractivity contribution in [3.8, 4) is 6.07 Å². The summed E-state index contributed by atoms with van der Waals surface area (Å²) in [5, 5.41) is 11.7. The number of hydrogen-bond acceptors (Lipinski definition) is 4. The van der Waals surface area contributed by atoms with E-state index in [-0.39, 0.29) is 5.91 Å². The van der Waals surface area contributed by atoms with Crippen molar-refractivity contribution in [2.75, 3.05) is 18.4 Å². The second-order valence-electron chi connectivity index (χ2n) is 4.60. The molecule has 0 atom stereocenters. The molecule has 1 aliphatic rings. The average Bonchev–Trinajstić information content (AvgIpc) is 3.25. The molecule has 1 N–H and O–H groups in total. The summed E-state index contributed by atoms with van der Waals surface area (Å²) in [7, 11) is 0. The Morgan fingerprint density at radius 3 is 2.89 bits per heavy atom. The Hall–Kier alpha value is -2.09. The molecule has 19 heavy (non-hydrogen) atoms. The molecule has 0 unspecified atom stereocenters. The first-order chi connectivity index (χ1) is 9.26. The third kappa shape index (κ3) is 3.44. The van der Waals surface area contributed by atoms with Gasteiger partial charge in [-0.3, -0.25) is 4.79 Å². The lowest BCUT2D eigenvalue weighted by molar-refractivity contribution is 0.0746. The number of nitriles is 1. The van der Waals surface area contributed by atoms with E-state index in [0.717, 1.165) is 25.2 Å². The summed E-state index contributed by atoms with van der Waals surface area (Å²) in [6.45, 7) is 3.31. The summed E-state index contributed by atoms with van der Waals surface area (Å²) in [4.78, 5) is 18.4. The minimum Gasteiger partial charge on any atom is -0.370 e. The van der Waals surface area contributed by atoms with Gasteiger partial charge in [0.1, 0.15) is 5.82 Å². The van der Waals surface area contributed by atoms with Crippen LogP contribution in [0.25, 0.3) is 0 Å². The molecule has 0 radical (unpaired) electrons. The van der Waals surface area contributed by atoms with Crippen LogP contribution in [0.15, 0.2) is 18.3 Å². The standard InChI is InChI=1S/C14H18N4O/c1-2-16-13-7-4-11(10-17-13)14(19)18(9-3-8-15)12-5-6-12/h4,7,10,12H,2-3,5-6,9H2,1H3,(H,16,17). The van der Waals surface area contributed by atoms with Gasteiger partial charge in [0.05, 0.1) is 18.1 Å². The van der Waals surface area contributed by atoms with Crippen LogP contribution in [0.4, 0.5) is 5.82 Å².